The Bertz CT molecular complexity index is 599. The van der Waals surface area contributed by atoms with Crippen LogP contribution in [-0.2, 0) is 5.33 Å². The Labute approximate surface area is 126 Å². The Morgan fingerprint density at radius 1 is 1.37 bits per heavy atom. The van der Waals surface area contributed by atoms with Gasteiger partial charge in [0.2, 0.25) is 5.88 Å². The SMILES string of the molecule is COc1ccc(C(=N)c2ccc(CBr)cc2S)cn1. The highest BCUT2D eigenvalue weighted by molar-refractivity contribution is 9.08. The van der Waals surface area contributed by atoms with Gasteiger partial charge in [-0.2, -0.15) is 0 Å². The third-order valence-corrected chi connectivity index (χ3v) is 3.74. The second-order valence-corrected chi connectivity index (χ2v) is 4.99. The van der Waals surface area contributed by atoms with E-state index in [0.29, 0.717) is 11.6 Å². The minimum Gasteiger partial charge on any atom is -0.481 e. The number of hydrogen-bond donors (Lipinski definition) is 2. The number of methoxy groups -OCH3 is 1. The number of nitrogens with one attached hydrogen (secondary N) is 1. The van der Waals surface area contributed by atoms with Gasteiger partial charge >= 0.3 is 0 Å². The molecule has 1 aromatic heterocycles. The first-order valence-corrected chi connectivity index (χ1v) is 7.19. The minimum atomic E-state index is 0.404. The molecule has 2 aromatic rings. The van der Waals surface area contributed by atoms with Crippen molar-refractivity contribution in [3.63, 3.8) is 0 Å². The molecule has 0 unspecified atom stereocenters. The molecule has 2 rings (SSSR count). The lowest BCUT2D eigenvalue weighted by Crippen LogP contribution is -2.04. The number of halogens is 1. The lowest BCUT2D eigenvalue weighted by molar-refractivity contribution is 0.398. The van der Waals surface area contributed by atoms with Gasteiger partial charge in [-0.05, 0) is 17.7 Å². The van der Waals surface area contributed by atoms with Crippen LogP contribution in [-0.4, -0.2) is 17.8 Å². The van der Waals surface area contributed by atoms with Gasteiger partial charge in [0.05, 0.1) is 12.8 Å². The smallest absolute Gasteiger partial charge is 0.212 e. The summed E-state index contributed by atoms with van der Waals surface area (Å²) in [4.78, 5) is 4.90. The van der Waals surface area contributed by atoms with Crippen molar-refractivity contribution in [3.8, 4) is 5.88 Å². The molecular weight excluding hydrogens is 324 g/mol. The van der Waals surface area contributed by atoms with Gasteiger partial charge in [-0.15, -0.1) is 12.6 Å². The molecule has 1 aromatic carbocycles. The summed E-state index contributed by atoms with van der Waals surface area (Å²) in [5, 5.41) is 9.00. The van der Waals surface area contributed by atoms with E-state index in [1.54, 1.807) is 19.4 Å². The third-order valence-electron chi connectivity index (χ3n) is 2.72. The van der Waals surface area contributed by atoms with Crippen LogP contribution in [0, 0.1) is 5.41 Å². The molecule has 0 bridgehead atoms. The molecule has 0 aliphatic rings. The topological polar surface area (TPSA) is 46.0 Å². The maximum absolute atomic E-state index is 8.23. The number of pyridine rings is 1. The van der Waals surface area contributed by atoms with E-state index >= 15 is 0 Å². The molecule has 0 saturated heterocycles. The quantitative estimate of drug-likeness (QED) is 0.508. The lowest BCUT2D eigenvalue weighted by atomic mass is 10.0. The highest BCUT2D eigenvalue weighted by Gasteiger charge is 2.09. The molecule has 98 valence electrons. The van der Waals surface area contributed by atoms with E-state index in [1.165, 1.54) is 0 Å². The Hall–Kier alpha value is -1.33. The van der Waals surface area contributed by atoms with Gasteiger partial charge in [-0.3, -0.25) is 5.41 Å². The van der Waals surface area contributed by atoms with Crippen LogP contribution >= 0.6 is 28.6 Å². The van der Waals surface area contributed by atoms with Crippen molar-refractivity contribution in [1.82, 2.24) is 4.98 Å². The average molecular weight is 337 g/mol. The van der Waals surface area contributed by atoms with Crippen LogP contribution in [0.4, 0.5) is 0 Å². The number of alkyl halides is 1. The summed E-state index contributed by atoms with van der Waals surface area (Å²) in [7, 11) is 1.57. The van der Waals surface area contributed by atoms with E-state index in [0.717, 1.165) is 26.9 Å². The maximum atomic E-state index is 8.23. The fourth-order valence-corrected chi connectivity index (χ4v) is 2.38. The molecule has 0 fully saturated rings. The summed E-state index contributed by atoms with van der Waals surface area (Å²) in [6.45, 7) is 0. The minimum absolute atomic E-state index is 0.404. The highest BCUT2D eigenvalue weighted by Crippen LogP contribution is 2.21. The second-order valence-electron chi connectivity index (χ2n) is 3.95. The standard InChI is InChI=1S/C14H13BrN2OS/c1-18-13-5-3-10(8-17-13)14(16)11-4-2-9(7-15)6-12(11)19/h2-6,8,16,19H,7H2,1H3. The summed E-state index contributed by atoms with van der Waals surface area (Å²) in [6.07, 6.45) is 1.63. The van der Waals surface area contributed by atoms with E-state index in [1.807, 2.05) is 24.3 Å². The van der Waals surface area contributed by atoms with Crippen LogP contribution in [0.25, 0.3) is 0 Å². The summed E-state index contributed by atoms with van der Waals surface area (Å²) >= 11 is 7.85. The van der Waals surface area contributed by atoms with Crippen LogP contribution in [0.2, 0.25) is 0 Å². The second kappa shape index (κ2) is 6.21. The molecule has 5 heteroatoms. The Morgan fingerprint density at radius 3 is 2.68 bits per heavy atom. The van der Waals surface area contributed by atoms with Crippen LogP contribution < -0.4 is 4.74 Å². The van der Waals surface area contributed by atoms with Crippen molar-refractivity contribution >= 4 is 34.3 Å². The largest absolute Gasteiger partial charge is 0.481 e. The molecule has 1 N–H and O–H groups in total. The zero-order valence-corrected chi connectivity index (χ0v) is 12.8. The van der Waals surface area contributed by atoms with E-state index in [2.05, 4.69) is 33.5 Å². The number of aromatic nitrogens is 1. The van der Waals surface area contributed by atoms with Crippen molar-refractivity contribution in [3.05, 3.63) is 53.2 Å². The van der Waals surface area contributed by atoms with Gasteiger partial charge in [0, 0.05) is 33.6 Å². The number of nitrogens with zero attached hydrogens (tertiary/aromatic N) is 1. The number of rotatable bonds is 4. The highest BCUT2D eigenvalue weighted by atomic mass is 79.9. The zero-order chi connectivity index (χ0) is 13.8. The molecule has 0 aliphatic carbocycles. The number of thiol groups is 1. The number of hydrogen-bond acceptors (Lipinski definition) is 4. The normalized spacial score (nSPS) is 10.3. The summed E-state index contributed by atoms with van der Waals surface area (Å²) < 4.78 is 5.01. The Balaban J connectivity index is 2.32. The predicted molar refractivity (Wildman–Crippen MR) is 83.0 cm³/mol. The fraction of sp³-hybridized carbons (Fsp3) is 0.143. The van der Waals surface area contributed by atoms with Crippen molar-refractivity contribution in [2.75, 3.05) is 7.11 Å². The zero-order valence-electron chi connectivity index (χ0n) is 10.4. The van der Waals surface area contributed by atoms with Gasteiger partial charge in [0.1, 0.15) is 0 Å². The van der Waals surface area contributed by atoms with Crippen LogP contribution in [0.1, 0.15) is 16.7 Å². The predicted octanol–water partition coefficient (Wildman–Crippen LogP) is 3.69. The van der Waals surface area contributed by atoms with Crippen LogP contribution in [0.15, 0.2) is 41.4 Å². The molecule has 0 atom stereocenters. The monoisotopic (exact) mass is 336 g/mol. The Morgan fingerprint density at radius 2 is 2.16 bits per heavy atom. The fourth-order valence-electron chi connectivity index (χ4n) is 1.68. The lowest BCUT2D eigenvalue weighted by Gasteiger charge is -2.09. The van der Waals surface area contributed by atoms with Gasteiger partial charge in [-0.1, -0.05) is 28.1 Å². The summed E-state index contributed by atoms with van der Waals surface area (Å²) in [6, 6.07) is 9.41. The van der Waals surface area contributed by atoms with Crippen molar-refractivity contribution in [2.24, 2.45) is 0 Å². The van der Waals surface area contributed by atoms with Gasteiger partial charge in [0.25, 0.3) is 0 Å². The van der Waals surface area contributed by atoms with Gasteiger partial charge in [-0.25, -0.2) is 4.98 Å². The molecule has 0 aliphatic heterocycles. The first-order chi connectivity index (χ1) is 9.15. The third kappa shape index (κ3) is 3.16. The van der Waals surface area contributed by atoms with Crippen LogP contribution in [0.3, 0.4) is 0 Å². The number of ether oxygens (including phenoxy) is 1. The summed E-state index contributed by atoms with van der Waals surface area (Å²) in [5.41, 5.74) is 3.07. The van der Waals surface area contributed by atoms with E-state index in [-0.39, 0.29) is 0 Å². The van der Waals surface area contributed by atoms with E-state index in [4.69, 9.17) is 10.1 Å². The molecule has 0 saturated carbocycles. The molecule has 19 heavy (non-hydrogen) atoms. The number of benzene rings is 1. The van der Waals surface area contributed by atoms with Crippen molar-refractivity contribution in [2.45, 2.75) is 10.2 Å². The van der Waals surface area contributed by atoms with Gasteiger partial charge in [0.15, 0.2) is 0 Å². The Kier molecular flexibility index (Phi) is 4.61. The molecule has 0 spiro atoms. The van der Waals surface area contributed by atoms with Crippen LogP contribution in [0.5, 0.6) is 5.88 Å². The first kappa shape index (κ1) is 14.1. The maximum Gasteiger partial charge on any atom is 0.212 e. The first-order valence-electron chi connectivity index (χ1n) is 5.63. The molecule has 0 amide bonds. The molecule has 1 heterocycles. The van der Waals surface area contributed by atoms with Crippen molar-refractivity contribution < 1.29 is 4.74 Å². The van der Waals surface area contributed by atoms with E-state index < -0.39 is 0 Å². The van der Waals surface area contributed by atoms with E-state index in [9.17, 15) is 0 Å². The molecular formula is C14H13BrN2OS. The van der Waals surface area contributed by atoms with Gasteiger partial charge < -0.3 is 4.74 Å². The molecule has 0 radical (unpaired) electrons. The molecule has 3 nitrogen and oxygen atoms in total. The van der Waals surface area contributed by atoms with Crippen molar-refractivity contribution in [1.29, 1.82) is 5.41 Å². The average Bonchev–Trinajstić information content (AvgIpc) is 2.46. The summed E-state index contributed by atoms with van der Waals surface area (Å²) in [5.74, 6) is 0.539.